The Morgan fingerprint density at radius 2 is 1.88 bits per heavy atom. The molecule has 0 N–H and O–H groups in total. The molecular weight excluding hydrogens is 310 g/mol. The summed E-state index contributed by atoms with van der Waals surface area (Å²) in [5.74, 6) is -0.774. The van der Waals surface area contributed by atoms with Gasteiger partial charge in [-0.1, -0.05) is 12.1 Å². The predicted octanol–water partition coefficient (Wildman–Crippen LogP) is 2.38. The molecule has 1 atom stereocenters. The summed E-state index contributed by atoms with van der Waals surface area (Å²) >= 11 is 0. The fourth-order valence-electron chi connectivity index (χ4n) is 2.62. The molecule has 0 spiro atoms. The summed E-state index contributed by atoms with van der Waals surface area (Å²) in [6, 6.07) is 3.15. The topological polar surface area (TPSA) is 65.1 Å². The van der Waals surface area contributed by atoms with E-state index in [-0.39, 0.29) is 12.5 Å². The van der Waals surface area contributed by atoms with Crippen LogP contribution in [-0.4, -0.2) is 45.4 Å². The normalized spacial score (nSPS) is 11.9. The number of aryl methyl sites for hydroxylation is 1. The lowest BCUT2D eigenvalue weighted by Gasteiger charge is -2.31. The molecule has 0 bridgehead atoms. The highest BCUT2D eigenvalue weighted by Crippen LogP contribution is 2.30. The van der Waals surface area contributed by atoms with Crippen molar-refractivity contribution >= 4 is 17.6 Å². The molecule has 1 rings (SSSR count). The van der Waals surface area contributed by atoms with Gasteiger partial charge in [0.05, 0.1) is 19.4 Å². The number of amides is 1. The van der Waals surface area contributed by atoms with Crippen molar-refractivity contribution in [2.45, 2.75) is 40.3 Å². The van der Waals surface area contributed by atoms with Gasteiger partial charge in [0, 0.05) is 13.7 Å². The number of methoxy groups -OCH3 is 2. The second-order valence-corrected chi connectivity index (χ2v) is 5.55. The van der Waals surface area contributed by atoms with E-state index < -0.39 is 12.0 Å². The van der Waals surface area contributed by atoms with Crippen LogP contribution in [0.4, 0.5) is 5.69 Å². The Hall–Kier alpha value is -1.92. The van der Waals surface area contributed by atoms with Crippen molar-refractivity contribution in [2.24, 2.45) is 0 Å². The molecule has 1 aromatic carbocycles. The Balaban J connectivity index is 3.40. The number of hydrogen-bond donors (Lipinski definition) is 0. The number of ether oxygens (including phenoxy) is 3. The Kier molecular flexibility index (Phi) is 7.88. The van der Waals surface area contributed by atoms with Crippen molar-refractivity contribution in [2.75, 3.05) is 32.3 Å². The third-order valence-electron chi connectivity index (χ3n) is 3.91. The SMILES string of the molecule is CCOCc1ccc(C)c(N(C(=O)COC)C(C)C(=O)OC)c1C. The average molecular weight is 337 g/mol. The first-order valence-electron chi connectivity index (χ1n) is 7.94. The lowest BCUT2D eigenvalue weighted by atomic mass is 10.0. The van der Waals surface area contributed by atoms with Crippen molar-refractivity contribution in [3.05, 3.63) is 28.8 Å². The van der Waals surface area contributed by atoms with Gasteiger partial charge in [0.2, 0.25) is 0 Å². The smallest absolute Gasteiger partial charge is 0.328 e. The van der Waals surface area contributed by atoms with Crippen LogP contribution in [0.1, 0.15) is 30.5 Å². The van der Waals surface area contributed by atoms with Crippen molar-refractivity contribution in [1.29, 1.82) is 0 Å². The zero-order valence-electron chi connectivity index (χ0n) is 15.3. The Bertz CT molecular complexity index is 585. The van der Waals surface area contributed by atoms with Crippen LogP contribution in [0.5, 0.6) is 0 Å². The third kappa shape index (κ3) is 4.55. The summed E-state index contributed by atoms with van der Waals surface area (Å²) in [4.78, 5) is 26.1. The second kappa shape index (κ2) is 9.39. The summed E-state index contributed by atoms with van der Waals surface area (Å²) < 4.78 is 15.3. The average Bonchev–Trinajstić information content (AvgIpc) is 2.56. The molecule has 134 valence electrons. The van der Waals surface area contributed by atoms with Crippen LogP contribution in [0.25, 0.3) is 0 Å². The van der Waals surface area contributed by atoms with E-state index in [0.717, 1.165) is 16.7 Å². The van der Waals surface area contributed by atoms with E-state index in [0.29, 0.717) is 18.9 Å². The predicted molar refractivity (Wildman–Crippen MR) is 92.1 cm³/mol. The maximum atomic E-state index is 12.6. The maximum absolute atomic E-state index is 12.6. The first kappa shape index (κ1) is 20.1. The third-order valence-corrected chi connectivity index (χ3v) is 3.91. The molecule has 0 saturated heterocycles. The largest absolute Gasteiger partial charge is 0.467 e. The molecule has 0 fully saturated rings. The minimum Gasteiger partial charge on any atom is -0.467 e. The van der Waals surface area contributed by atoms with E-state index in [1.807, 2.05) is 32.9 Å². The van der Waals surface area contributed by atoms with Crippen molar-refractivity contribution in [3.8, 4) is 0 Å². The van der Waals surface area contributed by atoms with Gasteiger partial charge < -0.3 is 14.2 Å². The molecule has 0 aliphatic heterocycles. The highest BCUT2D eigenvalue weighted by atomic mass is 16.5. The lowest BCUT2D eigenvalue weighted by Crippen LogP contribution is -2.46. The van der Waals surface area contributed by atoms with Crippen molar-refractivity contribution in [3.63, 3.8) is 0 Å². The van der Waals surface area contributed by atoms with Crippen LogP contribution in [0.2, 0.25) is 0 Å². The molecule has 0 saturated carbocycles. The Labute approximate surface area is 143 Å². The fraction of sp³-hybridized carbons (Fsp3) is 0.556. The summed E-state index contributed by atoms with van der Waals surface area (Å²) in [7, 11) is 2.76. The zero-order valence-corrected chi connectivity index (χ0v) is 15.3. The minimum absolute atomic E-state index is 0.115. The number of carbonyl (C=O) groups excluding carboxylic acids is 2. The number of rotatable bonds is 8. The first-order valence-corrected chi connectivity index (χ1v) is 7.94. The van der Waals surface area contributed by atoms with Crippen LogP contribution in [0, 0.1) is 13.8 Å². The number of anilines is 1. The monoisotopic (exact) mass is 337 g/mol. The molecule has 1 unspecified atom stereocenters. The zero-order chi connectivity index (χ0) is 18.3. The summed E-state index contributed by atoms with van der Waals surface area (Å²) in [6.07, 6.45) is 0. The van der Waals surface area contributed by atoms with E-state index in [9.17, 15) is 9.59 Å². The van der Waals surface area contributed by atoms with Crippen LogP contribution < -0.4 is 4.90 Å². The van der Waals surface area contributed by atoms with E-state index in [1.54, 1.807) is 6.92 Å². The van der Waals surface area contributed by atoms with Gasteiger partial charge in [-0.3, -0.25) is 9.69 Å². The fourth-order valence-corrected chi connectivity index (χ4v) is 2.62. The quantitative estimate of drug-likeness (QED) is 0.682. The first-order chi connectivity index (χ1) is 11.4. The number of esters is 1. The molecule has 1 amide bonds. The van der Waals surface area contributed by atoms with E-state index >= 15 is 0 Å². The van der Waals surface area contributed by atoms with Gasteiger partial charge in [-0.25, -0.2) is 4.79 Å². The van der Waals surface area contributed by atoms with Crippen LogP contribution in [0.15, 0.2) is 12.1 Å². The van der Waals surface area contributed by atoms with E-state index in [1.165, 1.54) is 19.1 Å². The molecule has 0 radical (unpaired) electrons. The van der Waals surface area contributed by atoms with Gasteiger partial charge in [0.25, 0.3) is 5.91 Å². The van der Waals surface area contributed by atoms with Crippen molar-refractivity contribution < 1.29 is 23.8 Å². The van der Waals surface area contributed by atoms with Crippen LogP contribution in [0.3, 0.4) is 0 Å². The van der Waals surface area contributed by atoms with Crippen LogP contribution in [-0.2, 0) is 30.4 Å². The maximum Gasteiger partial charge on any atom is 0.328 e. The number of hydrogen-bond acceptors (Lipinski definition) is 5. The summed E-state index contributed by atoms with van der Waals surface area (Å²) in [6.45, 7) is 8.35. The molecule has 0 heterocycles. The molecule has 1 aromatic rings. The molecule has 6 heteroatoms. The molecule has 0 aliphatic rings. The standard InChI is InChI=1S/C18H27NO5/c1-7-24-10-15-9-8-12(2)17(13(15)3)19(16(20)11-22-5)14(4)18(21)23-6/h8-9,14H,7,10-11H2,1-6H3. The second-order valence-electron chi connectivity index (χ2n) is 5.55. The van der Waals surface area contributed by atoms with Gasteiger partial charge in [-0.05, 0) is 44.4 Å². The van der Waals surface area contributed by atoms with Gasteiger partial charge in [0.1, 0.15) is 12.6 Å². The molecule has 0 aromatic heterocycles. The molecule has 24 heavy (non-hydrogen) atoms. The van der Waals surface area contributed by atoms with Crippen molar-refractivity contribution in [1.82, 2.24) is 0 Å². The Morgan fingerprint density at radius 3 is 2.42 bits per heavy atom. The minimum atomic E-state index is -0.752. The molecule has 0 aliphatic carbocycles. The summed E-state index contributed by atoms with van der Waals surface area (Å²) in [5.41, 5.74) is 3.48. The van der Waals surface area contributed by atoms with Gasteiger partial charge in [0.15, 0.2) is 0 Å². The molecule has 6 nitrogen and oxygen atoms in total. The summed E-state index contributed by atoms with van der Waals surface area (Å²) in [5, 5.41) is 0. The van der Waals surface area contributed by atoms with Gasteiger partial charge in [-0.15, -0.1) is 0 Å². The lowest BCUT2D eigenvalue weighted by molar-refractivity contribution is -0.143. The van der Waals surface area contributed by atoms with Gasteiger partial charge in [-0.2, -0.15) is 0 Å². The number of benzene rings is 1. The van der Waals surface area contributed by atoms with Crippen LogP contribution >= 0.6 is 0 Å². The number of carbonyl (C=O) groups is 2. The van der Waals surface area contributed by atoms with Gasteiger partial charge >= 0.3 is 5.97 Å². The highest BCUT2D eigenvalue weighted by Gasteiger charge is 2.30. The highest BCUT2D eigenvalue weighted by molar-refractivity contribution is 6.01. The number of nitrogens with zero attached hydrogens (tertiary/aromatic N) is 1. The molecular formula is C18H27NO5. The Morgan fingerprint density at radius 1 is 1.21 bits per heavy atom. The van der Waals surface area contributed by atoms with E-state index in [2.05, 4.69) is 0 Å². The van der Waals surface area contributed by atoms with E-state index in [4.69, 9.17) is 14.2 Å².